The van der Waals surface area contributed by atoms with Crippen LogP contribution in [-0.4, -0.2) is 47.7 Å². The van der Waals surface area contributed by atoms with E-state index in [0.717, 1.165) is 24.0 Å². The van der Waals surface area contributed by atoms with E-state index in [1.807, 2.05) is 31.2 Å². The van der Waals surface area contributed by atoms with E-state index < -0.39 is 16.9 Å². The second-order valence-corrected chi connectivity index (χ2v) is 6.78. The van der Waals surface area contributed by atoms with Gasteiger partial charge < -0.3 is 14.7 Å². The number of carbonyl (C=O) groups is 2. The molecular weight excluding hydrogens is 294 g/mol. The highest BCUT2D eigenvalue weighted by Crippen LogP contribution is 2.51. The van der Waals surface area contributed by atoms with Gasteiger partial charge in [-0.1, -0.05) is 29.8 Å². The minimum Gasteiger partial charge on any atom is -0.479 e. The monoisotopic (exact) mass is 317 g/mol. The number of carboxylic acids is 1. The number of likely N-dealkylation sites (tertiary alicyclic amines) is 1. The van der Waals surface area contributed by atoms with Crippen molar-refractivity contribution in [3.63, 3.8) is 0 Å². The first-order valence-corrected chi connectivity index (χ1v) is 8.08. The van der Waals surface area contributed by atoms with Crippen LogP contribution in [0.5, 0.6) is 0 Å². The van der Waals surface area contributed by atoms with Gasteiger partial charge in [-0.3, -0.25) is 4.79 Å². The van der Waals surface area contributed by atoms with Gasteiger partial charge in [-0.2, -0.15) is 0 Å². The van der Waals surface area contributed by atoms with Crippen LogP contribution in [-0.2, 0) is 19.7 Å². The maximum absolute atomic E-state index is 13.2. The first-order valence-electron chi connectivity index (χ1n) is 8.08. The van der Waals surface area contributed by atoms with Gasteiger partial charge in [-0.05, 0) is 38.2 Å². The Morgan fingerprint density at radius 2 is 2.04 bits per heavy atom. The van der Waals surface area contributed by atoms with Crippen LogP contribution in [0.2, 0.25) is 0 Å². The maximum Gasteiger partial charge on any atom is 0.332 e. The molecule has 23 heavy (non-hydrogen) atoms. The van der Waals surface area contributed by atoms with Gasteiger partial charge in [0.1, 0.15) is 0 Å². The Hall–Kier alpha value is -1.88. The Morgan fingerprint density at radius 3 is 2.61 bits per heavy atom. The van der Waals surface area contributed by atoms with E-state index in [1.54, 1.807) is 4.90 Å². The lowest BCUT2D eigenvalue weighted by molar-refractivity contribution is -0.161. The summed E-state index contributed by atoms with van der Waals surface area (Å²) in [5.41, 5.74) is 0.367. The van der Waals surface area contributed by atoms with Crippen molar-refractivity contribution in [2.45, 2.75) is 43.6 Å². The molecule has 0 aromatic heterocycles. The molecule has 1 atom stereocenters. The number of hydrogen-bond acceptors (Lipinski definition) is 3. The highest BCUT2D eigenvalue weighted by molar-refractivity contribution is 5.96. The summed E-state index contributed by atoms with van der Waals surface area (Å²) >= 11 is 0. The van der Waals surface area contributed by atoms with E-state index in [0.29, 0.717) is 19.4 Å². The quantitative estimate of drug-likeness (QED) is 0.903. The first-order chi connectivity index (χ1) is 11.0. The molecule has 0 bridgehead atoms. The van der Waals surface area contributed by atoms with Crippen LogP contribution in [0.3, 0.4) is 0 Å². The summed E-state index contributed by atoms with van der Waals surface area (Å²) in [6.45, 7) is 2.53. The Labute approximate surface area is 136 Å². The SMILES string of the molecule is COCC1(C(=O)O)CCCN1C(=O)C1(c2cccc(C)c2)CC1. The summed E-state index contributed by atoms with van der Waals surface area (Å²) in [6.07, 6.45) is 2.72. The number of aliphatic carboxylic acids is 1. The lowest BCUT2D eigenvalue weighted by Crippen LogP contribution is -2.58. The Bertz CT molecular complexity index is 638. The molecule has 1 amide bonds. The predicted molar refractivity (Wildman–Crippen MR) is 85.3 cm³/mol. The van der Waals surface area contributed by atoms with Crippen LogP contribution >= 0.6 is 0 Å². The van der Waals surface area contributed by atoms with E-state index in [-0.39, 0.29) is 12.5 Å². The minimum atomic E-state index is -1.22. The smallest absolute Gasteiger partial charge is 0.332 e. The Morgan fingerprint density at radius 1 is 1.30 bits per heavy atom. The van der Waals surface area contributed by atoms with Crippen molar-refractivity contribution in [2.24, 2.45) is 0 Å². The number of methoxy groups -OCH3 is 1. The van der Waals surface area contributed by atoms with Crippen molar-refractivity contribution in [3.8, 4) is 0 Å². The fourth-order valence-electron chi connectivity index (χ4n) is 3.80. The molecule has 2 fully saturated rings. The van der Waals surface area contributed by atoms with Gasteiger partial charge in [0.05, 0.1) is 12.0 Å². The van der Waals surface area contributed by atoms with Crippen LogP contribution in [0.1, 0.15) is 36.8 Å². The maximum atomic E-state index is 13.2. The average Bonchev–Trinajstić information content (AvgIpc) is 3.22. The number of hydrogen-bond donors (Lipinski definition) is 1. The standard InChI is InChI=1S/C18H23NO4/c1-13-5-3-6-14(11-13)17(8-9-17)15(20)19-10-4-7-18(19,12-23-2)16(21)22/h3,5-6,11H,4,7-10,12H2,1-2H3,(H,21,22). The van der Waals surface area contributed by atoms with Gasteiger partial charge in [-0.25, -0.2) is 4.79 Å². The lowest BCUT2D eigenvalue weighted by atomic mass is 9.90. The van der Waals surface area contributed by atoms with Gasteiger partial charge in [0, 0.05) is 13.7 Å². The van der Waals surface area contributed by atoms with E-state index in [2.05, 4.69) is 0 Å². The highest BCUT2D eigenvalue weighted by atomic mass is 16.5. The summed E-state index contributed by atoms with van der Waals surface area (Å²) in [7, 11) is 1.49. The second-order valence-electron chi connectivity index (χ2n) is 6.78. The molecule has 5 nitrogen and oxygen atoms in total. The molecule has 1 N–H and O–H groups in total. The normalized spacial score (nSPS) is 25.4. The number of ether oxygens (including phenoxy) is 1. The molecular formula is C18H23NO4. The molecule has 1 aromatic carbocycles. The number of carbonyl (C=O) groups excluding carboxylic acids is 1. The van der Waals surface area contributed by atoms with Crippen LogP contribution in [0.25, 0.3) is 0 Å². The van der Waals surface area contributed by atoms with Crippen molar-refractivity contribution in [1.82, 2.24) is 4.90 Å². The third-order valence-electron chi connectivity index (χ3n) is 5.25. The molecule has 3 rings (SSSR count). The zero-order valence-corrected chi connectivity index (χ0v) is 13.7. The van der Waals surface area contributed by atoms with Crippen LogP contribution in [0.15, 0.2) is 24.3 Å². The summed E-state index contributed by atoms with van der Waals surface area (Å²) in [4.78, 5) is 26.7. The minimum absolute atomic E-state index is 0.0397. The molecule has 1 heterocycles. The zero-order chi connectivity index (χ0) is 16.7. The first kappa shape index (κ1) is 16.0. The summed E-state index contributed by atoms with van der Waals surface area (Å²) in [6, 6.07) is 7.99. The van der Waals surface area contributed by atoms with Crippen molar-refractivity contribution in [2.75, 3.05) is 20.3 Å². The number of rotatable bonds is 5. The number of nitrogens with zero attached hydrogens (tertiary/aromatic N) is 1. The second kappa shape index (κ2) is 5.64. The van der Waals surface area contributed by atoms with E-state index in [1.165, 1.54) is 7.11 Å². The number of aryl methyl sites for hydroxylation is 1. The summed E-state index contributed by atoms with van der Waals surface area (Å²) < 4.78 is 5.15. The highest BCUT2D eigenvalue weighted by Gasteiger charge is 2.59. The third-order valence-corrected chi connectivity index (χ3v) is 5.25. The van der Waals surface area contributed by atoms with Gasteiger partial charge in [-0.15, -0.1) is 0 Å². The summed E-state index contributed by atoms with van der Waals surface area (Å²) in [5, 5.41) is 9.74. The van der Waals surface area contributed by atoms with Crippen molar-refractivity contribution in [1.29, 1.82) is 0 Å². The van der Waals surface area contributed by atoms with Gasteiger partial charge >= 0.3 is 5.97 Å². The largest absolute Gasteiger partial charge is 0.479 e. The van der Waals surface area contributed by atoms with Gasteiger partial charge in [0.25, 0.3) is 0 Å². The van der Waals surface area contributed by atoms with Crippen LogP contribution in [0.4, 0.5) is 0 Å². The Balaban J connectivity index is 1.94. The molecule has 2 aliphatic rings. The van der Waals surface area contributed by atoms with E-state index >= 15 is 0 Å². The topological polar surface area (TPSA) is 66.8 Å². The molecule has 1 unspecified atom stereocenters. The molecule has 0 radical (unpaired) electrons. The molecule has 124 valence electrons. The van der Waals surface area contributed by atoms with E-state index in [4.69, 9.17) is 4.74 Å². The van der Waals surface area contributed by atoms with Gasteiger partial charge in [0.15, 0.2) is 5.54 Å². The zero-order valence-electron chi connectivity index (χ0n) is 13.7. The molecule has 1 saturated carbocycles. The fourth-order valence-corrected chi connectivity index (χ4v) is 3.80. The number of benzene rings is 1. The third kappa shape index (κ3) is 2.43. The Kier molecular flexibility index (Phi) is 3.92. The molecule has 1 aromatic rings. The molecule has 5 heteroatoms. The molecule has 1 aliphatic carbocycles. The van der Waals surface area contributed by atoms with Gasteiger partial charge in [0.2, 0.25) is 5.91 Å². The molecule has 1 saturated heterocycles. The van der Waals surface area contributed by atoms with Crippen molar-refractivity contribution < 1.29 is 19.4 Å². The van der Waals surface area contributed by atoms with Crippen molar-refractivity contribution >= 4 is 11.9 Å². The summed E-state index contributed by atoms with van der Waals surface area (Å²) in [5.74, 6) is -1.02. The predicted octanol–water partition coefficient (Wildman–Crippen LogP) is 2.12. The number of amides is 1. The van der Waals surface area contributed by atoms with Crippen LogP contribution in [0, 0.1) is 6.92 Å². The molecule has 0 spiro atoms. The lowest BCUT2D eigenvalue weighted by Gasteiger charge is -2.36. The molecule has 1 aliphatic heterocycles. The van der Waals surface area contributed by atoms with E-state index in [9.17, 15) is 14.7 Å². The van der Waals surface area contributed by atoms with Crippen LogP contribution < -0.4 is 0 Å². The number of carboxylic acid groups (broad SMARTS) is 1. The van der Waals surface area contributed by atoms with Crippen molar-refractivity contribution in [3.05, 3.63) is 35.4 Å². The average molecular weight is 317 g/mol. The fraction of sp³-hybridized carbons (Fsp3) is 0.556.